The zero-order valence-corrected chi connectivity index (χ0v) is 11.3. The Hall–Kier alpha value is -1.55. The molecule has 1 atom stereocenters. The van der Waals surface area contributed by atoms with E-state index in [0.717, 1.165) is 25.3 Å². The van der Waals surface area contributed by atoms with Crippen molar-refractivity contribution < 1.29 is 0 Å². The number of hydrogen-bond acceptors (Lipinski definition) is 2. The van der Waals surface area contributed by atoms with Crippen LogP contribution in [0.1, 0.15) is 19.3 Å². The maximum absolute atomic E-state index is 6.16. The lowest BCUT2D eigenvalue weighted by Gasteiger charge is -2.44. The first-order valence-electron chi connectivity index (χ1n) is 7.21. The van der Waals surface area contributed by atoms with Crippen LogP contribution >= 0.6 is 0 Å². The second kappa shape index (κ2) is 5.61. The first-order valence-corrected chi connectivity index (χ1v) is 7.21. The molecule has 2 saturated heterocycles. The molecule has 1 aromatic carbocycles. The van der Waals surface area contributed by atoms with Gasteiger partial charge in [-0.05, 0) is 31.5 Å². The third-order valence-electron chi connectivity index (χ3n) is 4.16. The van der Waals surface area contributed by atoms with Crippen LogP contribution in [0.5, 0.6) is 0 Å². The predicted molar refractivity (Wildman–Crippen MR) is 78.5 cm³/mol. The van der Waals surface area contributed by atoms with E-state index in [1.165, 1.54) is 25.8 Å². The van der Waals surface area contributed by atoms with E-state index in [1.54, 1.807) is 0 Å². The fraction of sp³-hybridized carbons (Fsp3) is 0.533. The summed E-state index contributed by atoms with van der Waals surface area (Å²) in [5, 5.41) is 0. The molecule has 0 amide bonds. The number of piperazine rings is 1. The van der Waals surface area contributed by atoms with Crippen LogP contribution in [0.25, 0.3) is 0 Å². The lowest BCUT2D eigenvalue weighted by atomic mass is 10.00. The molecule has 2 heterocycles. The third kappa shape index (κ3) is 2.89. The van der Waals surface area contributed by atoms with Gasteiger partial charge in [-0.2, -0.15) is 0 Å². The van der Waals surface area contributed by atoms with Crippen LogP contribution in [0.15, 0.2) is 35.3 Å². The monoisotopic (exact) mass is 258 g/mol. The lowest BCUT2D eigenvalue weighted by Crippen LogP contribution is -2.57. The van der Waals surface area contributed by atoms with E-state index in [9.17, 15) is 0 Å². The summed E-state index contributed by atoms with van der Waals surface area (Å²) in [6.07, 6.45) is 4.00. The highest BCUT2D eigenvalue weighted by molar-refractivity contribution is 5.81. The molecule has 2 aliphatic heterocycles. The number of hydrogen-bond donors (Lipinski definition) is 1. The first-order chi connectivity index (χ1) is 9.33. The number of piperidine rings is 1. The molecule has 0 aromatic heterocycles. The highest BCUT2D eigenvalue weighted by Gasteiger charge is 2.29. The third-order valence-corrected chi connectivity index (χ3v) is 4.16. The SMILES string of the molecule is NC(=Nc1ccccc1)N1CCN2CCCCC2C1. The van der Waals surface area contributed by atoms with Gasteiger partial charge in [0, 0.05) is 25.7 Å². The highest BCUT2D eigenvalue weighted by Crippen LogP contribution is 2.21. The standard InChI is InChI=1S/C15H22N4/c16-15(17-13-6-2-1-3-7-13)19-11-10-18-9-5-4-8-14(18)12-19/h1-3,6-7,14H,4-5,8-12H2,(H2,16,17). The summed E-state index contributed by atoms with van der Waals surface area (Å²) in [5.74, 6) is 0.663. The van der Waals surface area contributed by atoms with Crippen molar-refractivity contribution in [1.29, 1.82) is 0 Å². The van der Waals surface area contributed by atoms with Gasteiger partial charge in [0.15, 0.2) is 5.96 Å². The molecule has 0 saturated carbocycles. The second-order valence-electron chi connectivity index (χ2n) is 5.44. The van der Waals surface area contributed by atoms with Gasteiger partial charge in [-0.3, -0.25) is 4.90 Å². The molecule has 2 N–H and O–H groups in total. The van der Waals surface area contributed by atoms with Crippen LogP contribution in [0, 0.1) is 0 Å². The second-order valence-corrected chi connectivity index (χ2v) is 5.44. The Morgan fingerprint density at radius 1 is 1.11 bits per heavy atom. The summed E-state index contributed by atoms with van der Waals surface area (Å²) < 4.78 is 0. The van der Waals surface area contributed by atoms with Gasteiger partial charge in [-0.25, -0.2) is 4.99 Å². The van der Waals surface area contributed by atoms with Crippen LogP contribution in [-0.2, 0) is 0 Å². The summed E-state index contributed by atoms with van der Waals surface area (Å²) >= 11 is 0. The number of nitrogens with two attached hydrogens (primary N) is 1. The zero-order chi connectivity index (χ0) is 13.1. The van der Waals surface area contributed by atoms with E-state index in [-0.39, 0.29) is 0 Å². The molecule has 1 unspecified atom stereocenters. The van der Waals surface area contributed by atoms with Gasteiger partial charge in [-0.1, -0.05) is 24.6 Å². The van der Waals surface area contributed by atoms with Crippen LogP contribution in [-0.4, -0.2) is 48.0 Å². The molecular formula is C15H22N4. The van der Waals surface area contributed by atoms with E-state index >= 15 is 0 Å². The number of rotatable bonds is 1. The number of fused-ring (bicyclic) bond motifs is 1. The number of para-hydroxylation sites is 1. The van der Waals surface area contributed by atoms with Crippen molar-refractivity contribution in [3.05, 3.63) is 30.3 Å². The van der Waals surface area contributed by atoms with Crippen molar-refractivity contribution >= 4 is 11.6 Å². The van der Waals surface area contributed by atoms with Gasteiger partial charge in [0.1, 0.15) is 0 Å². The van der Waals surface area contributed by atoms with E-state index in [4.69, 9.17) is 5.73 Å². The van der Waals surface area contributed by atoms with E-state index < -0.39 is 0 Å². The molecule has 2 aliphatic rings. The van der Waals surface area contributed by atoms with Crippen molar-refractivity contribution in [2.45, 2.75) is 25.3 Å². The molecule has 102 valence electrons. The van der Waals surface area contributed by atoms with Crippen LogP contribution < -0.4 is 5.73 Å². The summed E-state index contributed by atoms with van der Waals surface area (Å²) in [6, 6.07) is 10.6. The fourth-order valence-electron chi connectivity index (χ4n) is 3.07. The molecule has 2 fully saturated rings. The molecule has 4 nitrogen and oxygen atoms in total. The van der Waals surface area contributed by atoms with Gasteiger partial charge in [0.25, 0.3) is 0 Å². The molecule has 4 heteroatoms. The first kappa shape index (κ1) is 12.5. The van der Waals surface area contributed by atoms with Crippen LogP contribution in [0.4, 0.5) is 5.69 Å². The lowest BCUT2D eigenvalue weighted by molar-refractivity contribution is 0.0797. The Kier molecular flexibility index (Phi) is 3.69. The van der Waals surface area contributed by atoms with Gasteiger partial charge < -0.3 is 10.6 Å². The van der Waals surface area contributed by atoms with Crippen molar-refractivity contribution in [1.82, 2.24) is 9.80 Å². The Labute approximate surface area is 114 Å². The van der Waals surface area contributed by atoms with Gasteiger partial charge in [0.05, 0.1) is 5.69 Å². The predicted octanol–water partition coefficient (Wildman–Crippen LogP) is 1.80. The minimum atomic E-state index is 0.663. The quantitative estimate of drug-likeness (QED) is 0.617. The Bertz CT molecular complexity index is 443. The summed E-state index contributed by atoms with van der Waals surface area (Å²) in [7, 11) is 0. The summed E-state index contributed by atoms with van der Waals surface area (Å²) in [4.78, 5) is 9.36. The number of guanidine groups is 1. The summed E-state index contributed by atoms with van der Waals surface area (Å²) in [6.45, 7) is 4.41. The topological polar surface area (TPSA) is 44.9 Å². The maximum Gasteiger partial charge on any atom is 0.196 e. The van der Waals surface area contributed by atoms with Gasteiger partial charge in [0.2, 0.25) is 0 Å². The molecule has 0 radical (unpaired) electrons. The largest absolute Gasteiger partial charge is 0.369 e. The molecule has 0 aliphatic carbocycles. The van der Waals surface area contributed by atoms with E-state index in [1.807, 2.05) is 30.3 Å². The average molecular weight is 258 g/mol. The van der Waals surface area contributed by atoms with Gasteiger partial charge in [-0.15, -0.1) is 0 Å². The highest BCUT2D eigenvalue weighted by atomic mass is 15.3. The molecular weight excluding hydrogens is 236 g/mol. The van der Waals surface area contributed by atoms with E-state index in [0.29, 0.717) is 12.0 Å². The normalized spacial score (nSPS) is 25.2. The number of benzene rings is 1. The van der Waals surface area contributed by atoms with Crippen molar-refractivity contribution in [3.8, 4) is 0 Å². The average Bonchev–Trinajstić information content (AvgIpc) is 2.48. The molecule has 19 heavy (non-hydrogen) atoms. The summed E-state index contributed by atoms with van der Waals surface area (Å²) in [5.41, 5.74) is 7.10. The molecule has 3 rings (SSSR count). The Morgan fingerprint density at radius 2 is 1.95 bits per heavy atom. The minimum absolute atomic E-state index is 0.663. The van der Waals surface area contributed by atoms with Crippen molar-refractivity contribution in [2.75, 3.05) is 26.2 Å². The zero-order valence-electron chi connectivity index (χ0n) is 11.3. The van der Waals surface area contributed by atoms with Crippen LogP contribution in [0.3, 0.4) is 0 Å². The number of aliphatic imine (C=N–C) groups is 1. The van der Waals surface area contributed by atoms with E-state index in [2.05, 4.69) is 14.8 Å². The van der Waals surface area contributed by atoms with Crippen molar-refractivity contribution in [3.63, 3.8) is 0 Å². The van der Waals surface area contributed by atoms with Crippen molar-refractivity contribution in [2.24, 2.45) is 10.7 Å². The molecule has 1 aromatic rings. The Morgan fingerprint density at radius 3 is 2.79 bits per heavy atom. The maximum atomic E-state index is 6.16. The fourth-order valence-corrected chi connectivity index (χ4v) is 3.07. The number of nitrogens with zero attached hydrogens (tertiary/aromatic N) is 3. The molecule has 0 spiro atoms. The Balaban J connectivity index is 1.67. The van der Waals surface area contributed by atoms with Gasteiger partial charge >= 0.3 is 0 Å². The minimum Gasteiger partial charge on any atom is -0.369 e. The molecule has 0 bridgehead atoms. The van der Waals surface area contributed by atoms with Crippen LogP contribution in [0.2, 0.25) is 0 Å². The smallest absolute Gasteiger partial charge is 0.196 e.